The molecular weight excluding hydrogens is 620 g/mol. The molecular formula is C36H50ClN4O2S2+. The van der Waals surface area contributed by atoms with E-state index in [4.69, 9.17) is 11.6 Å². The van der Waals surface area contributed by atoms with E-state index in [1.54, 1.807) is 0 Å². The van der Waals surface area contributed by atoms with Gasteiger partial charge in [0.2, 0.25) is 5.78 Å². The molecule has 1 N–H and O–H groups in total. The van der Waals surface area contributed by atoms with Crippen molar-refractivity contribution in [2.24, 2.45) is 10.2 Å². The zero-order valence-corrected chi connectivity index (χ0v) is 29.7. The van der Waals surface area contributed by atoms with Crippen LogP contribution in [-0.2, 0) is 4.79 Å². The van der Waals surface area contributed by atoms with Crippen LogP contribution >= 0.6 is 34.7 Å². The number of aliphatic hydroxyl groups excluding tert-OH is 1. The average molecular weight is 670 g/mol. The van der Waals surface area contributed by atoms with Crippen molar-refractivity contribution < 1.29 is 14.5 Å². The monoisotopic (exact) mass is 669 g/mol. The van der Waals surface area contributed by atoms with Gasteiger partial charge in [0.05, 0.1) is 38.7 Å². The number of allylic oxidation sites excluding steroid dienone is 2. The molecule has 2 heterocycles. The molecule has 1 aromatic carbocycles. The van der Waals surface area contributed by atoms with Crippen LogP contribution in [0.4, 0.5) is 10.7 Å². The summed E-state index contributed by atoms with van der Waals surface area (Å²) in [4.78, 5) is 16.4. The lowest BCUT2D eigenvalue weighted by Gasteiger charge is -2.23. The van der Waals surface area contributed by atoms with Crippen LogP contribution < -0.4 is 4.90 Å². The van der Waals surface area contributed by atoms with Crippen molar-refractivity contribution >= 4 is 61.9 Å². The van der Waals surface area contributed by atoms with E-state index in [-0.39, 0.29) is 22.7 Å². The highest BCUT2D eigenvalue weighted by atomic mass is 35.5. The van der Waals surface area contributed by atoms with Crippen LogP contribution in [0.1, 0.15) is 116 Å². The van der Waals surface area contributed by atoms with E-state index in [0.717, 1.165) is 61.2 Å². The number of thioether (sulfide) groups is 1. The van der Waals surface area contributed by atoms with Gasteiger partial charge in [-0.3, -0.25) is 9.37 Å². The number of azo groups is 1. The maximum absolute atomic E-state index is 13.5. The molecule has 1 aliphatic heterocycles. The number of halogens is 1. The summed E-state index contributed by atoms with van der Waals surface area (Å²) in [6.45, 7) is 9.38. The molecule has 2 aromatic rings. The number of hydrogen-bond acceptors (Lipinski definition) is 6. The molecule has 0 fully saturated rings. The Hall–Kier alpha value is -2.42. The van der Waals surface area contributed by atoms with Crippen LogP contribution in [0.2, 0.25) is 5.02 Å². The lowest BCUT2D eigenvalue weighted by Crippen LogP contribution is -2.22. The molecule has 0 bridgehead atoms. The summed E-state index contributed by atoms with van der Waals surface area (Å²) in [6, 6.07) is 12.2. The zero-order valence-electron chi connectivity index (χ0n) is 27.3. The van der Waals surface area contributed by atoms with Crippen LogP contribution in [-0.4, -0.2) is 40.3 Å². The second-order valence-electron chi connectivity index (χ2n) is 11.9. The van der Waals surface area contributed by atoms with Crippen molar-refractivity contribution in [2.45, 2.75) is 111 Å². The molecule has 0 atom stereocenters. The van der Waals surface area contributed by atoms with Crippen molar-refractivity contribution in [1.29, 1.82) is 0 Å². The number of aliphatic hydroxyl groups is 1. The third-order valence-corrected chi connectivity index (χ3v) is 10.9. The molecule has 244 valence electrons. The van der Waals surface area contributed by atoms with Crippen LogP contribution in [0.5, 0.6) is 0 Å². The summed E-state index contributed by atoms with van der Waals surface area (Å²) in [7, 11) is 0. The van der Waals surface area contributed by atoms with Gasteiger partial charge in [0, 0.05) is 24.0 Å². The first-order chi connectivity index (χ1) is 22.0. The minimum absolute atomic E-state index is 0.0313. The number of ketones is 1. The number of carbonyl (C=O) groups is 1. The largest absolute Gasteiger partial charge is 0.506 e. The normalized spacial score (nSPS) is 17.4. The van der Waals surface area contributed by atoms with Crippen molar-refractivity contribution in [3.8, 4) is 0 Å². The average Bonchev–Trinajstić information content (AvgIpc) is 3.67. The number of thiophene rings is 1. The molecule has 1 aromatic heterocycles. The van der Waals surface area contributed by atoms with Gasteiger partial charge < -0.3 is 10.0 Å². The first-order valence-electron chi connectivity index (χ1n) is 17.1. The van der Waals surface area contributed by atoms with E-state index >= 15 is 0 Å². The smallest absolute Gasteiger partial charge is 0.387 e. The Morgan fingerprint density at radius 1 is 0.800 bits per heavy atom. The van der Waals surface area contributed by atoms with Crippen LogP contribution in [0, 0.1) is 0 Å². The van der Waals surface area contributed by atoms with Gasteiger partial charge in [0.25, 0.3) is 0 Å². The van der Waals surface area contributed by atoms with E-state index in [1.165, 1.54) is 87.3 Å². The molecule has 6 nitrogen and oxygen atoms in total. The fourth-order valence-corrected chi connectivity index (χ4v) is 8.13. The summed E-state index contributed by atoms with van der Waals surface area (Å²) < 4.78 is 2.29. The topological polar surface area (TPSA) is 68.3 Å². The molecule has 45 heavy (non-hydrogen) atoms. The maximum Gasteiger partial charge on any atom is 0.387 e. The molecule has 0 radical (unpaired) electrons. The number of anilines is 2. The molecule has 4 rings (SSSR count). The van der Waals surface area contributed by atoms with Gasteiger partial charge >= 0.3 is 5.17 Å². The minimum atomic E-state index is -0.219. The lowest BCUT2D eigenvalue weighted by molar-refractivity contribution is -0.527. The Morgan fingerprint density at radius 2 is 1.42 bits per heavy atom. The van der Waals surface area contributed by atoms with Gasteiger partial charge in [-0.2, -0.15) is 0 Å². The SMILES string of the molecule is CCCCCCCCN(c1ccccc1)c1cc(Cl)c(C2=C(O)/C(=C3\N=NC(=[N+](CCCC)CCCCCCCC)S3)C2=O)s1. The number of para-hydroxylation sites is 1. The summed E-state index contributed by atoms with van der Waals surface area (Å²) >= 11 is 9.61. The lowest BCUT2D eigenvalue weighted by atomic mass is 9.88. The highest BCUT2D eigenvalue weighted by Crippen LogP contribution is 2.49. The number of carbonyl (C=O) groups excluding carboxylic acids is 1. The van der Waals surface area contributed by atoms with Crippen molar-refractivity contribution in [3.05, 3.63) is 62.7 Å². The maximum atomic E-state index is 13.5. The third-order valence-electron chi connectivity index (χ3n) is 8.36. The quantitative estimate of drug-likeness (QED) is 0.0865. The third kappa shape index (κ3) is 9.55. The van der Waals surface area contributed by atoms with Crippen molar-refractivity contribution in [1.82, 2.24) is 0 Å². The number of rotatable bonds is 20. The Balaban J connectivity index is 1.50. The molecule has 0 saturated carbocycles. The van der Waals surface area contributed by atoms with Gasteiger partial charge in [0.1, 0.15) is 11.3 Å². The second-order valence-corrected chi connectivity index (χ2v) is 14.3. The highest BCUT2D eigenvalue weighted by Gasteiger charge is 2.43. The van der Waals surface area contributed by atoms with E-state index in [1.807, 2.05) is 24.3 Å². The molecule has 0 saturated heterocycles. The van der Waals surface area contributed by atoms with Gasteiger partial charge in [-0.1, -0.05) is 115 Å². The number of benzene rings is 1. The predicted octanol–water partition coefficient (Wildman–Crippen LogP) is 11.7. The van der Waals surface area contributed by atoms with E-state index < -0.39 is 0 Å². The Labute approximate surface area is 283 Å². The van der Waals surface area contributed by atoms with Crippen LogP contribution in [0.15, 0.2) is 63.0 Å². The Bertz CT molecular complexity index is 1400. The van der Waals surface area contributed by atoms with E-state index in [9.17, 15) is 9.90 Å². The fraction of sp³-hybridized carbons (Fsp3) is 0.556. The molecule has 0 amide bonds. The number of Topliss-reactive ketones (excluding diaryl/α,β-unsaturated/α-hetero) is 1. The number of hydrogen-bond donors (Lipinski definition) is 1. The fourth-order valence-electron chi connectivity index (χ4n) is 5.68. The van der Waals surface area contributed by atoms with E-state index in [0.29, 0.717) is 14.9 Å². The van der Waals surface area contributed by atoms with Gasteiger partial charge in [-0.15, -0.1) is 11.3 Å². The van der Waals surface area contributed by atoms with Gasteiger partial charge in [-0.05, 0) is 49.0 Å². The summed E-state index contributed by atoms with van der Waals surface area (Å²) in [5.41, 5.74) is 1.63. The standard InChI is InChI=1S/C36H49ClN4O2S2/c1-4-7-10-12-14-19-24-40(23-9-6-3)36-39-38-35(45-36)31-32(42)30(33(31)43)34-28(37)26-29(44-34)41(27-21-17-16-18-22-27)25-20-15-13-11-8-5-2/h16-18,21-22,26H,4-15,19-20,23-25H2,1-3H3/p+1. The number of unbranched alkanes of at least 4 members (excludes halogenated alkanes) is 11. The zero-order chi connectivity index (χ0) is 32.0. The number of nitrogens with zero attached hydrogens (tertiary/aromatic N) is 4. The van der Waals surface area contributed by atoms with Gasteiger partial charge in [-0.25, -0.2) is 0 Å². The molecule has 0 unspecified atom stereocenters. The minimum Gasteiger partial charge on any atom is -0.506 e. The summed E-state index contributed by atoms with van der Waals surface area (Å²) in [5.74, 6) is -0.250. The van der Waals surface area contributed by atoms with Crippen molar-refractivity contribution in [2.75, 3.05) is 24.5 Å². The van der Waals surface area contributed by atoms with E-state index in [2.05, 4.69) is 52.6 Å². The van der Waals surface area contributed by atoms with Crippen LogP contribution in [0.25, 0.3) is 5.57 Å². The van der Waals surface area contributed by atoms with Crippen LogP contribution in [0.3, 0.4) is 0 Å². The molecule has 2 aliphatic rings. The summed E-state index contributed by atoms with van der Waals surface area (Å²) in [6.07, 6.45) is 16.9. The van der Waals surface area contributed by atoms with Gasteiger partial charge in [0.15, 0.2) is 5.03 Å². The first kappa shape index (κ1) is 35.4. The summed E-state index contributed by atoms with van der Waals surface area (Å²) in [5, 5.41) is 22.7. The molecule has 9 heteroatoms. The molecule has 1 aliphatic carbocycles. The van der Waals surface area contributed by atoms with Crippen molar-refractivity contribution in [3.63, 3.8) is 0 Å². The Morgan fingerprint density at radius 3 is 2.09 bits per heavy atom. The molecule has 0 spiro atoms. The predicted molar refractivity (Wildman–Crippen MR) is 193 cm³/mol. The first-order valence-corrected chi connectivity index (χ1v) is 19.1. The Kier molecular flexibility index (Phi) is 14.7. The number of amidine groups is 1. The second kappa shape index (κ2) is 18.7. The highest BCUT2D eigenvalue weighted by molar-refractivity contribution is 8.17.